The summed E-state index contributed by atoms with van der Waals surface area (Å²) >= 11 is 0. The van der Waals surface area contributed by atoms with Gasteiger partial charge in [-0.15, -0.1) is 0 Å². The van der Waals surface area contributed by atoms with E-state index in [0.717, 1.165) is 0 Å². The van der Waals surface area contributed by atoms with Gasteiger partial charge in [0, 0.05) is 11.3 Å². The van der Waals surface area contributed by atoms with E-state index in [1.807, 2.05) is 12.1 Å². The maximum Gasteiger partial charge on any atom is 0.156 e. The fourth-order valence-electron chi connectivity index (χ4n) is 1.36. The summed E-state index contributed by atoms with van der Waals surface area (Å²) < 4.78 is 5.15. The Kier molecular flexibility index (Phi) is 2.41. The zero-order valence-corrected chi connectivity index (χ0v) is 7.92. The van der Waals surface area contributed by atoms with Crippen molar-refractivity contribution in [1.82, 2.24) is 0 Å². The van der Waals surface area contributed by atoms with Gasteiger partial charge in [-0.2, -0.15) is 0 Å². The van der Waals surface area contributed by atoms with E-state index in [-0.39, 0.29) is 0 Å². The van der Waals surface area contributed by atoms with Crippen LogP contribution in [0.2, 0.25) is 0 Å². The Labute approximate surface area is 86.6 Å². The first-order valence-corrected chi connectivity index (χ1v) is 4.43. The maximum atomic E-state index is 8.95. The van der Waals surface area contributed by atoms with Crippen molar-refractivity contribution in [3.05, 3.63) is 54.0 Å². The van der Waals surface area contributed by atoms with Crippen LogP contribution >= 0.6 is 0 Å². The third-order valence-corrected chi connectivity index (χ3v) is 2.07. The number of benzene rings is 1. The van der Waals surface area contributed by atoms with Gasteiger partial charge in [0.15, 0.2) is 11.5 Å². The van der Waals surface area contributed by atoms with Crippen molar-refractivity contribution in [3.63, 3.8) is 0 Å². The summed E-state index contributed by atoms with van der Waals surface area (Å²) in [7, 11) is 0. The smallest absolute Gasteiger partial charge is 0.156 e. The molecule has 4 heteroatoms. The van der Waals surface area contributed by atoms with Gasteiger partial charge in [0.1, 0.15) is 0 Å². The lowest BCUT2D eigenvalue weighted by molar-refractivity contribution is 0.318. The Morgan fingerprint density at radius 1 is 1.20 bits per heavy atom. The van der Waals surface area contributed by atoms with E-state index < -0.39 is 0 Å². The van der Waals surface area contributed by atoms with Crippen LogP contribution in [-0.4, -0.2) is 10.9 Å². The number of para-hydroxylation sites is 1. The molecule has 2 aromatic rings. The van der Waals surface area contributed by atoms with E-state index in [2.05, 4.69) is 5.16 Å². The molecule has 4 nitrogen and oxygen atoms in total. The monoisotopic (exact) mass is 202 g/mol. The topological polar surface area (TPSA) is 71.8 Å². The minimum absolute atomic E-state index is 0.332. The number of nitrogen functional groups attached to an aromatic ring is 1. The van der Waals surface area contributed by atoms with Crippen LogP contribution in [0, 0.1) is 0 Å². The van der Waals surface area contributed by atoms with Gasteiger partial charge in [0.2, 0.25) is 0 Å². The van der Waals surface area contributed by atoms with Gasteiger partial charge in [-0.3, -0.25) is 0 Å². The SMILES string of the molecule is Nc1ccccc1/C(=N/O)c1ccco1. The van der Waals surface area contributed by atoms with Crippen molar-refractivity contribution in [1.29, 1.82) is 0 Å². The van der Waals surface area contributed by atoms with Gasteiger partial charge in [-0.1, -0.05) is 23.4 Å². The zero-order chi connectivity index (χ0) is 10.7. The number of oxime groups is 1. The van der Waals surface area contributed by atoms with Crippen LogP contribution in [0.3, 0.4) is 0 Å². The van der Waals surface area contributed by atoms with Gasteiger partial charge < -0.3 is 15.4 Å². The molecule has 0 aliphatic heterocycles. The average molecular weight is 202 g/mol. The lowest BCUT2D eigenvalue weighted by Gasteiger charge is -2.04. The second-order valence-corrected chi connectivity index (χ2v) is 3.01. The van der Waals surface area contributed by atoms with Crippen molar-refractivity contribution in [2.24, 2.45) is 5.16 Å². The van der Waals surface area contributed by atoms with Crippen LogP contribution in [-0.2, 0) is 0 Å². The lowest BCUT2D eigenvalue weighted by atomic mass is 10.1. The normalized spacial score (nSPS) is 11.6. The lowest BCUT2D eigenvalue weighted by Crippen LogP contribution is -2.05. The third kappa shape index (κ3) is 1.69. The predicted molar refractivity (Wildman–Crippen MR) is 57.0 cm³/mol. The van der Waals surface area contributed by atoms with Crippen LogP contribution in [0.15, 0.2) is 52.2 Å². The molecule has 0 bridgehead atoms. The maximum absolute atomic E-state index is 8.95. The molecule has 3 N–H and O–H groups in total. The van der Waals surface area contributed by atoms with Crippen LogP contribution in [0.25, 0.3) is 0 Å². The molecule has 0 spiro atoms. The molecule has 0 saturated heterocycles. The van der Waals surface area contributed by atoms with E-state index in [4.69, 9.17) is 15.4 Å². The van der Waals surface area contributed by atoms with Crippen molar-refractivity contribution in [2.75, 3.05) is 5.73 Å². The highest BCUT2D eigenvalue weighted by atomic mass is 16.4. The van der Waals surface area contributed by atoms with Crippen molar-refractivity contribution in [2.45, 2.75) is 0 Å². The first-order valence-electron chi connectivity index (χ1n) is 4.43. The molecule has 0 atom stereocenters. The van der Waals surface area contributed by atoms with E-state index in [1.165, 1.54) is 6.26 Å². The van der Waals surface area contributed by atoms with Gasteiger partial charge in [-0.05, 0) is 18.2 Å². The number of rotatable bonds is 2. The molecule has 0 unspecified atom stereocenters. The molecule has 0 aliphatic carbocycles. The summed E-state index contributed by atoms with van der Waals surface area (Å²) in [5.41, 5.74) is 7.29. The summed E-state index contributed by atoms with van der Waals surface area (Å²) in [6.07, 6.45) is 1.51. The van der Waals surface area contributed by atoms with Gasteiger partial charge in [0.25, 0.3) is 0 Å². The highest BCUT2D eigenvalue weighted by Crippen LogP contribution is 2.17. The Balaban J connectivity index is 2.50. The van der Waals surface area contributed by atoms with Crippen LogP contribution < -0.4 is 5.73 Å². The zero-order valence-electron chi connectivity index (χ0n) is 7.92. The largest absolute Gasteiger partial charge is 0.463 e. The Bertz CT molecular complexity index is 475. The van der Waals surface area contributed by atoms with Crippen molar-refractivity contribution >= 4 is 11.4 Å². The summed E-state index contributed by atoms with van der Waals surface area (Å²) in [6, 6.07) is 10.6. The molecule has 1 aromatic carbocycles. The standard InChI is InChI=1S/C11H10N2O2/c12-9-5-2-1-4-8(9)11(13-14)10-6-3-7-15-10/h1-7,14H,12H2/b13-11-. The number of hydrogen-bond donors (Lipinski definition) is 2. The minimum Gasteiger partial charge on any atom is -0.463 e. The van der Waals surface area contributed by atoms with Crippen molar-refractivity contribution in [3.8, 4) is 0 Å². The van der Waals surface area contributed by atoms with Crippen molar-refractivity contribution < 1.29 is 9.62 Å². The number of nitrogens with zero attached hydrogens (tertiary/aromatic N) is 1. The molecule has 15 heavy (non-hydrogen) atoms. The number of furan rings is 1. The average Bonchev–Trinajstić information content (AvgIpc) is 2.75. The fourth-order valence-corrected chi connectivity index (χ4v) is 1.36. The number of anilines is 1. The quantitative estimate of drug-likeness (QED) is 0.339. The van der Waals surface area contributed by atoms with Gasteiger partial charge >= 0.3 is 0 Å². The second kappa shape index (κ2) is 3.88. The van der Waals surface area contributed by atoms with Crippen LogP contribution in [0.1, 0.15) is 11.3 Å². The highest BCUT2D eigenvalue weighted by Gasteiger charge is 2.12. The molecule has 2 rings (SSSR count). The fraction of sp³-hybridized carbons (Fsp3) is 0. The number of nitrogens with two attached hydrogens (primary N) is 1. The minimum atomic E-state index is 0.332. The molecule has 0 radical (unpaired) electrons. The second-order valence-electron chi connectivity index (χ2n) is 3.01. The summed E-state index contributed by atoms with van der Waals surface area (Å²) in [4.78, 5) is 0. The van der Waals surface area contributed by atoms with Gasteiger partial charge in [0.05, 0.1) is 6.26 Å². The van der Waals surface area contributed by atoms with E-state index in [1.54, 1.807) is 24.3 Å². The van der Waals surface area contributed by atoms with E-state index >= 15 is 0 Å². The van der Waals surface area contributed by atoms with Crippen LogP contribution in [0.5, 0.6) is 0 Å². The Morgan fingerprint density at radius 2 is 2.00 bits per heavy atom. The summed E-state index contributed by atoms with van der Waals surface area (Å²) in [5, 5.41) is 12.2. The molecule has 0 aliphatic rings. The predicted octanol–water partition coefficient (Wildman–Crippen LogP) is 2.09. The molecular weight excluding hydrogens is 192 g/mol. The molecular formula is C11H10N2O2. The molecule has 0 saturated carbocycles. The van der Waals surface area contributed by atoms with Gasteiger partial charge in [-0.25, -0.2) is 0 Å². The number of hydrogen-bond acceptors (Lipinski definition) is 4. The molecule has 1 heterocycles. The van der Waals surface area contributed by atoms with Crippen LogP contribution in [0.4, 0.5) is 5.69 Å². The molecule has 1 aromatic heterocycles. The van der Waals surface area contributed by atoms with E-state index in [0.29, 0.717) is 22.7 Å². The first kappa shape index (κ1) is 9.33. The first-order chi connectivity index (χ1) is 7.33. The summed E-state index contributed by atoms with van der Waals surface area (Å²) in [5.74, 6) is 0.482. The molecule has 0 amide bonds. The Hall–Kier alpha value is -2.23. The molecule has 0 fully saturated rings. The molecule has 76 valence electrons. The van der Waals surface area contributed by atoms with E-state index in [9.17, 15) is 0 Å². The highest BCUT2D eigenvalue weighted by molar-refractivity contribution is 6.13. The Morgan fingerprint density at radius 3 is 2.60 bits per heavy atom. The third-order valence-electron chi connectivity index (χ3n) is 2.07. The summed E-state index contributed by atoms with van der Waals surface area (Å²) in [6.45, 7) is 0.